The zero-order valence-corrected chi connectivity index (χ0v) is 11.8. The average Bonchev–Trinajstić information content (AvgIpc) is 2.60. The van der Waals surface area contributed by atoms with Gasteiger partial charge in [-0.15, -0.1) is 11.3 Å². The highest BCUT2D eigenvalue weighted by atomic mass is 79.9. The molecule has 2 nitrogen and oxygen atoms in total. The van der Waals surface area contributed by atoms with Crippen LogP contribution in [0.1, 0.15) is 16.0 Å². The molecule has 16 heavy (non-hydrogen) atoms. The smallest absolute Gasteiger partial charge is 0.180 e. The number of aryl methyl sites for hydroxylation is 1. The second-order valence-corrected chi connectivity index (χ2v) is 5.94. The van der Waals surface area contributed by atoms with Crippen LogP contribution in [0.25, 0.3) is 0 Å². The minimum atomic E-state index is 0.601. The van der Waals surface area contributed by atoms with Gasteiger partial charge in [-0.05, 0) is 30.2 Å². The Morgan fingerprint density at radius 2 is 2.25 bits per heavy atom. The Bertz CT molecular complexity index is 525. The molecule has 1 aromatic carbocycles. The van der Waals surface area contributed by atoms with Crippen LogP contribution >= 0.6 is 38.9 Å². The molecule has 0 spiro atoms. The van der Waals surface area contributed by atoms with Crippen LogP contribution in [0.4, 0.5) is 5.13 Å². The Labute approximate surface area is 112 Å². The fraction of sp³-hybridized carbons (Fsp3) is 0.182. The molecule has 5 heteroatoms. The van der Waals surface area contributed by atoms with E-state index in [0.717, 1.165) is 31.9 Å². The third kappa shape index (κ3) is 2.56. The number of hydrogen-bond donors (Lipinski definition) is 1. The quantitative estimate of drug-likeness (QED) is 0.908. The first-order valence-corrected chi connectivity index (χ1v) is 6.69. The van der Waals surface area contributed by atoms with Gasteiger partial charge in [-0.2, -0.15) is 0 Å². The van der Waals surface area contributed by atoms with Crippen molar-refractivity contribution in [3.63, 3.8) is 0 Å². The molecule has 0 aliphatic rings. The number of anilines is 1. The molecule has 84 valence electrons. The van der Waals surface area contributed by atoms with Crippen molar-refractivity contribution in [3.8, 4) is 0 Å². The van der Waals surface area contributed by atoms with E-state index in [0.29, 0.717) is 5.13 Å². The molecule has 2 rings (SSSR count). The minimum absolute atomic E-state index is 0.601. The van der Waals surface area contributed by atoms with E-state index < -0.39 is 0 Å². The van der Waals surface area contributed by atoms with Crippen LogP contribution in [0.5, 0.6) is 0 Å². The Morgan fingerprint density at radius 1 is 1.50 bits per heavy atom. The van der Waals surface area contributed by atoms with Crippen molar-refractivity contribution in [3.05, 3.63) is 43.8 Å². The predicted molar refractivity (Wildman–Crippen MR) is 73.2 cm³/mol. The number of hydrogen-bond acceptors (Lipinski definition) is 3. The number of aromatic nitrogens is 1. The van der Waals surface area contributed by atoms with E-state index in [9.17, 15) is 0 Å². The second kappa shape index (κ2) is 4.73. The maximum atomic E-state index is 6.10. The lowest BCUT2D eigenvalue weighted by molar-refractivity contribution is 1.19. The molecule has 0 bridgehead atoms. The Hall–Kier alpha value is -0.580. The summed E-state index contributed by atoms with van der Waals surface area (Å²) in [6, 6.07) is 4.01. The van der Waals surface area contributed by atoms with Crippen LogP contribution in [0.3, 0.4) is 0 Å². The average molecular weight is 318 g/mol. The van der Waals surface area contributed by atoms with Gasteiger partial charge in [-0.3, -0.25) is 0 Å². The minimum Gasteiger partial charge on any atom is -0.375 e. The summed E-state index contributed by atoms with van der Waals surface area (Å²) < 4.78 is 1.07. The van der Waals surface area contributed by atoms with Crippen LogP contribution < -0.4 is 5.73 Å². The number of rotatable bonds is 2. The van der Waals surface area contributed by atoms with Crippen molar-refractivity contribution in [2.75, 3.05) is 5.73 Å². The molecular weight excluding hydrogens is 308 g/mol. The number of halogens is 2. The molecule has 1 aromatic heterocycles. The summed E-state index contributed by atoms with van der Waals surface area (Å²) in [5.41, 5.74) is 7.82. The lowest BCUT2D eigenvalue weighted by Crippen LogP contribution is -1.89. The lowest BCUT2D eigenvalue weighted by Gasteiger charge is -2.06. The highest BCUT2D eigenvalue weighted by Gasteiger charge is 2.07. The Balaban J connectivity index is 2.31. The first kappa shape index (κ1) is 11.9. The highest BCUT2D eigenvalue weighted by Crippen LogP contribution is 2.28. The molecule has 0 saturated heterocycles. The topological polar surface area (TPSA) is 38.9 Å². The first-order chi connectivity index (χ1) is 7.56. The van der Waals surface area contributed by atoms with Gasteiger partial charge in [0.1, 0.15) is 0 Å². The van der Waals surface area contributed by atoms with Crippen LogP contribution in [-0.2, 0) is 6.42 Å². The number of nitrogens with zero attached hydrogens (tertiary/aromatic N) is 1. The van der Waals surface area contributed by atoms with E-state index in [1.807, 2.05) is 19.1 Å². The SMILES string of the molecule is Cc1cc(Br)c(Cc2cnc(N)s2)cc1Cl. The first-order valence-electron chi connectivity index (χ1n) is 4.71. The molecule has 2 N–H and O–H groups in total. The number of nitrogen functional groups attached to an aromatic ring is 1. The van der Waals surface area contributed by atoms with E-state index in [4.69, 9.17) is 17.3 Å². The van der Waals surface area contributed by atoms with Gasteiger partial charge >= 0.3 is 0 Å². The van der Waals surface area contributed by atoms with Gasteiger partial charge in [0.25, 0.3) is 0 Å². The number of nitrogens with two attached hydrogens (primary N) is 1. The largest absolute Gasteiger partial charge is 0.375 e. The van der Waals surface area contributed by atoms with E-state index in [1.165, 1.54) is 11.3 Å². The van der Waals surface area contributed by atoms with Gasteiger partial charge in [0.2, 0.25) is 0 Å². The maximum absolute atomic E-state index is 6.10. The molecule has 0 atom stereocenters. The fourth-order valence-corrected chi connectivity index (χ4v) is 2.91. The molecule has 0 radical (unpaired) electrons. The molecule has 1 heterocycles. The molecule has 0 aliphatic carbocycles. The second-order valence-electron chi connectivity index (χ2n) is 3.53. The Kier molecular flexibility index (Phi) is 3.52. The van der Waals surface area contributed by atoms with Crippen molar-refractivity contribution >= 4 is 44.0 Å². The van der Waals surface area contributed by atoms with Gasteiger partial charge in [0.05, 0.1) is 0 Å². The lowest BCUT2D eigenvalue weighted by atomic mass is 10.1. The van der Waals surface area contributed by atoms with E-state index in [2.05, 4.69) is 20.9 Å². The molecule has 0 unspecified atom stereocenters. The van der Waals surface area contributed by atoms with Crippen LogP contribution in [-0.4, -0.2) is 4.98 Å². The van der Waals surface area contributed by atoms with Gasteiger partial charge in [0, 0.05) is 27.0 Å². The summed E-state index contributed by atoms with van der Waals surface area (Å²) in [6.45, 7) is 1.99. The van der Waals surface area contributed by atoms with Gasteiger partial charge < -0.3 is 5.73 Å². The maximum Gasteiger partial charge on any atom is 0.180 e. The van der Waals surface area contributed by atoms with Crippen LogP contribution in [0.2, 0.25) is 5.02 Å². The predicted octanol–water partition coefficient (Wildman–Crippen LogP) is 4.04. The molecule has 0 fully saturated rings. The van der Waals surface area contributed by atoms with Crippen molar-refractivity contribution in [2.45, 2.75) is 13.3 Å². The number of thiazole rings is 1. The van der Waals surface area contributed by atoms with Crippen molar-refractivity contribution in [1.29, 1.82) is 0 Å². The molecule has 0 amide bonds. The van der Waals surface area contributed by atoms with Crippen LogP contribution in [0.15, 0.2) is 22.8 Å². The summed E-state index contributed by atoms with van der Waals surface area (Å²) in [4.78, 5) is 5.17. The molecule has 0 saturated carbocycles. The fourth-order valence-electron chi connectivity index (χ4n) is 1.42. The number of benzene rings is 1. The van der Waals surface area contributed by atoms with Crippen molar-refractivity contribution < 1.29 is 0 Å². The van der Waals surface area contributed by atoms with Gasteiger partial charge in [0.15, 0.2) is 5.13 Å². The third-order valence-electron chi connectivity index (χ3n) is 2.26. The zero-order chi connectivity index (χ0) is 11.7. The molecule has 2 aromatic rings. The summed E-state index contributed by atoms with van der Waals surface area (Å²) in [7, 11) is 0. The highest BCUT2D eigenvalue weighted by molar-refractivity contribution is 9.10. The normalized spacial score (nSPS) is 10.7. The third-order valence-corrected chi connectivity index (χ3v) is 4.24. The molecular formula is C11H10BrClN2S. The summed E-state index contributed by atoms with van der Waals surface area (Å²) in [5.74, 6) is 0. The van der Waals surface area contributed by atoms with Crippen LogP contribution in [0, 0.1) is 6.92 Å². The zero-order valence-electron chi connectivity index (χ0n) is 8.63. The molecule has 0 aliphatic heterocycles. The van der Waals surface area contributed by atoms with Crippen molar-refractivity contribution in [2.24, 2.45) is 0 Å². The summed E-state index contributed by atoms with van der Waals surface area (Å²) >= 11 is 11.1. The monoisotopic (exact) mass is 316 g/mol. The Morgan fingerprint density at radius 3 is 2.88 bits per heavy atom. The summed E-state index contributed by atoms with van der Waals surface area (Å²) in [6.07, 6.45) is 2.61. The van der Waals surface area contributed by atoms with Crippen molar-refractivity contribution in [1.82, 2.24) is 4.98 Å². The summed E-state index contributed by atoms with van der Waals surface area (Å²) in [5, 5.41) is 1.39. The van der Waals surface area contributed by atoms with E-state index >= 15 is 0 Å². The standard InChI is InChI=1S/C11H10BrClN2S/c1-6-2-9(12)7(4-10(6)13)3-8-5-15-11(14)16-8/h2,4-5H,3H2,1H3,(H2,14,15). The van der Waals surface area contributed by atoms with E-state index in [-0.39, 0.29) is 0 Å². The van der Waals surface area contributed by atoms with Gasteiger partial charge in [-0.1, -0.05) is 27.5 Å². The van der Waals surface area contributed by atoms with Gasteiger partial charge in [-0.25, -0.2) is 4.98 Å². The van der Waals surface area contributed by atoms with E-state index in [1.54, 1.807) is 6.20 Å².